The second-order valence-electron chi connectivity index (χ2n) is 6.93. The van der Waals surface area contributed by atoms with Crippen molar-refractivity contribution in [2.45, 2.75) is 38.5 Å². The number of halogens is 2. The van der Waals surface area contributed by atoms with Crippen molar-refractivity contribution >= 4 is 23.2 Å². The van der Waals surface area contributed by atoms with Crippen LogP contribution in [0.3, 0.4) is 0 Å². The van der Waals surface area contributed by atoms with Gasteiger partial charge in [-0.05, 0) is 85.5 Å². The maximum Gasteiger partial charge on any atom is 0.0633 e. The van der Waals surface area contributed by atoms with E-state index in [0.717, 1.165) is 28.7 Å². The predicted octanol–water partition coefficient (Wildman–Crippen LogP) is 5.53. The first kappa shape index (κ1) is 12.5. The smallest absolute Gasteiger partial charge is 0.0633 e. The fraction of sp³-hybridized carbons (Fsp3) is 0.647. The van der Waals surface area contributed by atoms with Crippen molar-refractivity contribution in [1.29, 1.82) is 0 Å². The average Bonchev–Trinajstić information content (AvgIpc) is 2.81. The van der Waals surface area contributed by atoms with Gasteiger partial charge in [-0.25, -0.2) is 0 Å². The van der Waals surface area contributed by atoms with Crippen molar-refractivity contribution in [3.05, 3.63) is 33.8 Å². The third-order valence-corrected chi connectivity index (χ3v) is 6.90. The predicted molar refractivity (Wildman–Crippen MR) is 80.8 cm³/mol. The molecule has 3 fully saturated rings. The van der Waals surface area contributed by atoms with E-state index in [1.165, 1.54) is 36.0 Å². The highest BCUT2D eigenvalue weighted by Crippen LogP contribution is 2.73. The Morgan fingerprint density at radius 3 is 2.26 bits per heavy atom. The van der Waals surface area contributed by atoms with Crippen LogP contribution in [0.25, 0.3) is 0 Å². The van der Waals surface area contributed by atoms with E-state index in [2.05, 4.69) is 26.0 Å². The van der Waals surface area contributed by atoms with Crippen LogP contribution >= 0.6 is 23.2 Å². The molecule has 3 aliphatic rings. The lowest BCUT2D eigenvalue weighted by Crippen LogP contribution is -2.05. The summed E-state index contributed by atoms with van der Waals surface area (Å²) in [5, 5.41) is 0.991. The first-order chi connectivity index (χ1) is 9.08. The largest absolute Gasteiger partial charge is 0.117 e. The molecule has 5 unspecified atom stereocenters. The molecule has 4 rings (SSSR count). The quantitative estimate of drug-likeness (QED) is 0.629. The number of alkyl halides is 1. The number of fused-ring (bicyclic) bond motifs is 5. The fourth-order valence-electron chi connectivity index (χ4n) is 5.01. The molecule has 1 aromatic rings. The number of aryl methyl sites for hydroxylation is 2. The van der Waals surface area contributed by atoms with Gasteiger partial charge < -0.3 is 0 Å². The second-order valence-corrected chi connectivity index (χ2v) is 7.80. The van der Waals surface area contributed by atoms with Crippen LogP contribution in [0, 0.1) is 43.4 Å². The van der Waals surface area contributed by atoms with Crippen LogP contribution in [-0.2, 0) is 0 Å². The Morgan fingerprint density at radius 1 is 1.05 bits per heavy atom. The van der Waals surface area contributed by atoms with E-state index in [9.17, 15) is 0 Å². The van der Waals surface area contributed by atoms with Gasteiger partial charge in [-0.3, -0.25) is 0 Å². The van der Waals surface area contributed by atoms with Crippen LogP contribution in [-0.4, -0.2) is 0 Å². The molecule has 0 heterocycles. The van der Waals surface area contributed by atoms with Gasteiger partial charge in [0, 0.05) is 5.02 Å². The molecule has 0 amide bonds. The van der Waals surface area contributed by atoms with Crippen LogP contribution in [0.15, 0.2) is 12.1 Å². The molecule has 0 aromatic heterocycles. The molecule has 0 aliphatic heterocycles. The Labute approximate surface area is 125 Å². The SMILES string of the molecule is Cc1cc(Cl)c(C(Cl)C2C3C4CCC(C4)C32)cc1C. The van der Waals surface area contributed by atoms with Crippen LogP contribution in [0.2, 0.25) is 5.02 Å². The molecule has 3 aliphatic carbocycles. The van der Waals surface area contributed by atoms with E-state index in [1.54, 1.807) is 0 Å². The zero-order valence-electron chi connectivity index (χ0n) is 11.5. The minimum atomic E-state index is 0.130. The molecule has 0 nitrogen and oxygen atoms in total. The molecule has 0 spiro atoms. The van der Waals surface area contributed by atoms with Crippen molar-refractivity contribution in [1.82, 2.24) is 0 Å². The van der Waals surface area contributed by atoms with Crippen LogP contribution in [0.4, 0.5) is 0 Å². The van der Waals surface area contributed by atoms with Crippen molar-refractivity contribution < 1.29 is 0 Å². The van der Waals surface area contributed by atoms with Crippen molar-refractivity contribution in [2.75, 3.05) is 0 Å². The van der Waals surface area contributed by atoms with E-state index in [0.29, 0.717) is 5.92 Å². The molecule has 5 atom stereocenters. The first-order valence-corrected chi connectivity index (χ1v) is 8.30. The second kappa shape index (κ2) is 4.15. The normalized spacial score (nSPS) is 40.3. The molecule has 19 heavy (non-hydrogen) atoms. The van der Waals surface area contributed by atoms with Gasteiger partial charge in [0.15, 0.2) is 0 Å². The zero-order valence-corrected chi connectivity index (χ0v) is 13.0. The van der Waals surface area contributed by atoms with Crippen molar-refractivity contribution in [3.63, 3.8) is 0 Å². The standard InChI is InChI=1S/C17H20Cl2/c1-8-5-12(13(18)6-9(8)2)17(19)16-14-10-3-4-11(7-10)15(14)16/h5-6,10-11,14-17H,3-4,7H2,1-2H3. The summed E-state index contributed by atoms with van der Waals surface area (Å²) in [6.45, 7) is 4.26. The third kappa shape index (κ3) is 1.72. The maximum atomic E-state index is 6.81. The van der Waals surface area contributed by atoms with Gasteiger partial charge in [0.05, 0.1) is 5.38 Å². The molecule has 0 radical (unpaired) electrons. The summed E-state index contributed by atoms with van der Waals surface area (Å²) in [4.78, 5) is 0. The number of hydrogen-bond donors (Lipinski definition) is 0. The molecule has 1 aromatic carbocycles. The summed E-state index contributed by atoms with van der Waals surface area (Å²) in [5.41, 5.74) is 3.73. The summed E-state index contributed by atoms with van der Waals surface area (Å²) in [6.07, 6.45) is 4.38. The minimum absolute atomic E-state index is 0.130. The number of hydrogen-bond acceptors (Lipinski definition) is 0. The van der Waals surface area contributed by atoms with Crippen LogP contribution in [0.1, 0.15) is 41.3 Å². The molecule has 2 heteroatoms. The Kier molecular flexibility index (Phi) is 2.74. The Bertz CT molecular complexity index is 520. The van der Waals surface area contributed by atoms with Gasteiger partial charge in [0.1, 0.15) is 0 Å². The van der Waals surface area contributed by atoms with Crippen LogP contribution < -0.4 is 0 Å². The average molecular weight is 295 g/mol. The number of benzene rings is 1. The summed E-state index contributed by atoms with van der Waals surface area (Å²) >= 11 is 13.2. The Balaban J connectivity index is 1.62. The van der Waals surface area contributed by atoms with Gasteiger partial charge in [-0.2, -0.15) is 0 Å². The Hall–Kier alpha value is -0.200. The van der Waals surface area contributed by atoms with Gasteiger partial charge >= 0.3 is 0 Å². The summed E-state index contributed by atoms with van der Waals surface area (Å²) in [7, 11) is 0. The summed E-state index contributed by atoms with van der Waals surface area (Å²) in [6, 6.07) is 4.29. The van der Waals surface area contributed by atoms with Crippen molar-refractivity contribution in [3.8, 4) is 0 Å². The highest BCUT2D eigenvalue weighted by molar-refractivity contribution is 6.33. The highest BCUT2D eigenvalue weighted by atomic mass is 35.5. The molecule has 2 bridgehead atoms. The van der Waals surface area contributed by atoms with Gasteiger partial charge in [0.25, 0.3) is 0 Å². The van der Waals surface area contributed by atoms with Gasteiger partial charge in [0.2, 0.25) is 0 Å². The summed E-state index contributed by atoms with van der Waals surface area (Å²) in [5.74, 6) is 4.49. The van der Waals surface area contributed by atoms with Gasteiger partial charge in [-0.1, -0.05) is 17.7 Å². The van der Waals surface area contributed by atoms with E-state index in [4.69, 9.17) is 23.2 Å². The van der Waals surface area contributed by atoms with E-state index >= 15 is 0 Å². The Morgan fingerprint density at radius 2 is 1.63 bits per heavy atom. The first-order valence-electron chi connectivity index (χ1n) is 7.48. The van der Waals surface area contributed by atoms with E-state index in [-0.39, 0.29) is 5.38 Å². The highest BCUT2D eigenvalue weighted by Gasteiger charge is 2.66. The van der Waals surface area contributed by atoms with E-state index < -0.39 is 0 Å². The lowest BCUT2D eigenvalue weighted by molar-refractivity contribution is 0.455. The molecule has 0 saturated heterocycles. The van der Waals surface area contributed by atoms with Gasteiger partial charge in [-0.15, -0.1) is 11.6 Å². The minimum Gasteiger partial charge on any atom is -0.117 e. The van der Waals surface area contributed by atoms with Crippen LogP contribution in [0.5, 0.6) is 0 Å². The van der Waals surface area contributed by atoms with E-state index in [1.807, 2.05) is 0 Å². The zero-order chi connectivity index (χ0) is 13.3. The summed E-state index contributed by atoms with van der Waals surface area (Å²) < 4.78 is 0. The molecular weight excluding hydrogens is 275 g/mol. The lowest BCUT2D eigenvalue weighted by Gasteiger charge is -2.17. The lowest BCUT2D eigenvalue weighted by atomic mass is 9.95. The third-order valence-electron chi connectivity index (χ3n) is 6.04. The topological polar surface area (TPSA) is 0 Å². The number of rotatable bonds is 2. The fourth-order valence-corrected chi connectivity index (χ4v) is 5.91. The molecule has 102 valence electrons. The maximum absolute atomic E-state index is 6.81. The van der Waals surface area contributed by atoms with Crippen molar-refractivity contribution in [2.24, 2.45) is 29.6 Å². The molecule has 0 N–H and O–H groups in total. The monoisotopic (exact) mass is 294 g/mol. The molecular formula is C17H20Cl2. The molecule has 3 saturated carbocycles.